The molecule has 0 bridgehead atoms. The Morgan fingerprint density at radius 3 is 2.73 bits per heavy atom. The van der Waals surface area contributed by atoms with E-state index in [0.29, 0.717) is 5.90 Å². The van der Waals surface area contributed by atoms with Gasteiger partial charge in [-0.1, -0.05) is 18.2 Å². The number of rotatable bonds is 2. The molecule has 3 nitrogen and oxygen atoms in total. The molecule has 0 aromatic heterocycles. The van der Waals surface area contributed by atoms with E-state index in [1.807, 2.05) is 30.3 Å². The van der Waals surface area contributed by atoms with E-state index in [1.165, 1.54) is 0 Å². The van der Waals surface area contributed by atoms with Crippen LogP contribution in [0, 0.1) is 17.2 Å². The monoisotopic (exact) mass is 200 g/mol. The second-order valence-corrected chi connectivity index (χ2v) is 3.54. The lowest BCUT2D eigenvalue weighted by molar-refractivity contribution is 0.402. The summed E-state index contributed by atoms with van der Waals surface area (Å²) < 4.78 is 5.22. The zero-order chi connectivity index (χ0) is 10.7. The van der Waals surface area contributed by atoms with E-state index in [9.17, 15) is 0 Å². The van der Waals surface area contributed by atoms with Crippen LogP contribution in [0.25, 0.3) is 0 Å². The molecule has 1 aliphatic rings. The highest BCUT2D eigenvalue weighted by atomic mass is 16.5. The number of hydrogen-bond acceptors (Lipinski definition) is 3. The van der Waals surface area contributed by atoms with Crippen molar-refractivity contribution < 1.29 is 4.74 Å². The van der Waals surface area contributed by atoms with Gasteiger partial charge in [0.25, 0.3) is 0 Å². The normalized spacial score (nSPS) is 24.4. The van der Waals surface area contributed by atoms with E-state index in [2.05, 4.69) is 11.1 Å². The number of nitrogens with zero attached hydrogens (tertiary/aromatic N) is 2. The first-order valence-corrected chi connectivity index (χ1v) is 4.92. The van der Waals surface area contributed by atoms with Gasteiger partial charge in [-0.15, -0.1) is 0 Å². The number of ether oxygens (including phenoxy) is 1. The summed E-state index contributed by atoms with van der Waals surface area (Å²) in [4.78, 5) is 4.40. The first-order valence-electron chi connectivity index (χ1n) is 4.92. The number of hydrogen-bond donors (Lipinski definition) is 0. The molecule has 1 fully saturated rings. The molecule has 0 saturated heterocycles. The van der Waals surface area contributed by atoms with Crippen molar-refractivity contribution in [2.24, 2.45) is 10.9 Å². The van der Waals surface area contributed by atoms with Crippen LogP contribution in [0.3, 0.4) is 0 Å². The molecule has 0 amide bonds. The maximum absolute atomic E-state index is 8.67. The highest BCUT2D eigenvalue weighted by molar-refractivity contribution is 5.94. The summed E-state index contributed by atoms with van der Waals surface area (Å²) in [6.07, 6.45) is 0.857. The number of benzene rings is 1. The predicted octanol–water partition coefficient (Wildman–Crippen LogP) is 1.99. The van der Waals surface area contributed by atoms with Gasteiger partial charge in [0.2, 0.25) is 5.90 Å². The Balaban J connectivity index is 2.16. The summed E-state index contributed by atoms with van der Waals surface area (Å²) in [6.45, 7) is 0. The minimum absolute atomic E-state index is 0.0823. The summed E-state index contributed by atoms with van der Waals surface area (Å²) in [5.41, 5.74) is 0.962. The van der Waals surface area contributed by atoms with Gasteiger partial charge in [-0.25, -0.2) is 4.99 Å². The standard InChI is InChI=1S/C12H12N2O/c1-15-12(9-5-3-2-4-6-9)14-11-7-10(11)8-13/h2-6,10-11H,7H2,1H3/t10-,11+/m1/s1. The summed E-state index contributed by atoms with van der Waals surface area (Å²) in [5.74, 6) is 0.706. The van der Waals surface area contributed by atoms with Crippen LogP contribution in [-0.4, -0.2) is 19.0 Å². The quantitative estimate of drug-likeness (QED) is 0.541. The lowest BCUT2D eigenvalue weighted by atomic mass is 10.2. The Kier molecular flexibility index (Phi) is 2.68. The average molecular weight is 200 g/mol. The molecule has 1 aromatic rings. The Hall–Kier alpha value is -1.82. The van der Waals surface area contributed by atoms with Crippen LogP contribution < -0.4 is 0 Å². The zero-order valence-electron chi connectivity index (χ0n) is 8.55. The van der Waals surface area contributed by atoms with Crippen LogP contribution in [0.2, 0.25) is 0 Å². The Morgan fingerprint density at radius 2 is 2.20 bits per heavy atom. The molecule has 0 heterocycles. The lowest BCUT2D eigenvalue weighted by Gasteiger charge is -2.03. The molecule has 0 radical (unpaired) electrons. The van der Waals surface area contributed by atoms with Crippen molar-refractivity contribution in [1.29, 1.82) is 5.26 Å². The fraction of sp³-hybridized carbons (Fsp3) is 0.333. The van der Waals surface area contributed by atoms with Crippen molar-refractivity contribution in [3.8, 4) is 6.07 Å². The predicted molar refractivity (Wildman–Crippen MR) is 57.5 cm³/mol. The highest BCUT2D eigenvalue weighted by Gasteiger charge is 2.37. The largest absolute Gasteiger partial charge is 0.481 e. The number of nitriles is 1. The summed E-state index contributed by atoms with van der Waals surface area (Å²) in [7, 11) is 1.61. The second kappa shape index (κ2) is 4.14. The summed E-state index contributed by atoms with van der Waals surface area (Å²) >= 11 is 0. The molecule has 1 aromatic carbocycles. The first-order chi connectivity index (χ1) is 7.35. The van der Waals surface area contributed by atoms with Gasteiger partial charge in [0.1, 0.15) is 0 Å². The maximum Gasteiger partial charge on any atom is 0.216 e. The molecule has 76 valence electrons. The van der Waals surface area contributed by atoms with Crippen LogP contribution in [-0.2, 0) is 4.74 Å². The molecule has 15 heavy (non-hydrogen) atoms. The van der Waals surface area contributed by atoms with Crippen molar-refractivity contribution in [3.63, 3.8) is 0 Å². The second-order valence-electron chi connectivity index (χ2n) is 3.54. The molecule has 0 spiro atoms. The zero-order valence-corrected chi connectivity index (χ0v) is 8.55. The van der Waals surface area contributed by atoms with Gasteiger partial charge in [-0.3, -0.25) is 0 Å². The maximum atomic E-state index is 8.67. The van der Waals surface area contributed by atoms with Crippen LogP contribution in [0.15, 0.2) is 35.3 Å². The van der Waals surface area contributed by atoms with E-state index in [4.69, 9.17) is 10.00 Å². The number of methoxy groups -OCH3 is 1. The Labute approximate surface area is 89.0 Å². The molecule has 0 N–H and O–H groups in total. The third-order valence-electron chi connectivity index (χ3n) is 2.42. The third kappa shape index (κ3) is 2.16. The molecule has 0 unspecified atom stereocenters. The molecule has 3 heteroatoms. The molecule has 2 rings (SSSR count). The highest BCUT2D eigenvalue weighted by Crippen LogP contribution is 2.33. The van der Waals surface area contributed by atoms with Crippen molar-refractivity contribution in [2.45, 2.75) is 12.5 Å². The van der Waals surface area contributed by atoms with Gasteiger partial charge in [-0.05, 0) is 18.6 Å². The number of aliphatic imine (C=N–C) groups is 1. The van der Waals surface area contributed by atoms with Crippen LogP contribution in [0.1, 0.15) is 12.0 Å². The Morgan fingerprint density at radius 1 is 1.47 bits per heavy atom. The lowest BCUT2D eigenvalue weighted by Crippen LogP contribution is -2.05. The van der Waals surface area contributed by atoms with Crippen molar-refractivity contribution in [2.75, 3.05) is 7.11 Å². The molecule has 1 aliphatic carbocycles. The van der Waals surface area contributed by atoms with Crippen LogP contribution >= 0.6 is 0 Å². The molecular formula is C12H12N2O. The van der Waals surface area contributed by atoms with Gasteiger partial charge < -0.3 is 4.74 Å². The molecular weight excluding hydrogens is 188 g/mol. The fourth-order valence-corrected chi connectivity index (χ4v) is 1.44. The molecule has 0 aliphatic heterocycles. The van der Waals surface area contributed by atoms with E-state index in [1.54, 1.807) is 7.11 Å². The minimum Gasteiger partial charge on any atom is -0.481 e. The molecule has 2 atom stereocenters. The smallest absolute Gasteiger partial charge is 0.216 e. The average Bonchev–Trinajstić information content (AvgIpc) is 3.05. The topological polar surface area (TPSA) is 45.4 Å². The van der Waals surface area contributed by atoms with Crippen LogP contribution in [0.5, 0.6) is 0 Å². The van der Waals surface area contributed by atoms with E-state index < -0.39 is 0 Å². The van der Waals surface area contributed by atoms with Crippen LogP contribution in [0.4, 0.5) is 0 Å². The minimum atomic E-state index is 0.0823. The summed E-state index contributed by atoms with van der Waals surface area (Å²) in [5, 5.41) is 8.67. The van der Waals surface area contributed by atoms with Crippen molar-refractivity contribution in [1.82, 2.24) is 0 Å². The van der Waals surface area contributed by atoms with Gasteiger partial charge in [0.05, 0.1) is 25.1 Å². The summed E-state index contributed by atoms with van der Waals surface area (Å²) in [6, 6.07) is 12.1. The van der Waals surface area contributed by atoms with Gasteiger partial charge in [0, 0.05) is 5.56 Å². The third-order valence-corrected chi connectivity index (χ3v) is 2.42. The van der Waals surface area contributed by atoms with Gasteiger partial charge in [0.15, 0.2) is 0 Å². The van der Waals surface area contributed by atoms with E-state index >= 15 is 0 Å². The molecule has 1 saturated carbocycles. The van der Waals surface area contributed by atoms with Gasteiger partial charge in [-0.2, -0.15) is 5.26 Å². The fourth-order valence-electron chi connectivity index (χ4n) is 1.44. The SMILES string of the molecule is COC(=N[C@H]1C[C@@H]1C#N)c1ccccc1. The van der Waals surface area contributed by atoms with Gasteiger partial charge >= 0.3 is 0 Å². The van der Waals surface area contributed by atoms with Crippen molar-refractivity contribution >= 4 is 5.90 Å². The van der Waals surface area contributed by atoms with Crippen molar-refractivity contribution in [3.05, 3.63) is 35.9 Å². The first kappa shape index (κ1) is 9.72. The Bertz CT molecular complexity index is 405. The van der Waals surface area contributed by atoms with E-state index in [0.717, 1.165) is 12.0 Å². The van der Waals surface area contributed by atoms with E-state index in [-0.39, 0.29) is 12.0 Å².